The van der Waals surface area contributed by atoms with Crippen LogP contribution in [0.5, 0.6) is 0 Å². The van der Waals surface area contributed by atoms with Gasteiger partial charge in [-0.15, -0.1) is 11.3 Å². The van der Waals surface area contributed by atoms with Crippen LogP contribution in [-0.2, 0) is 0 Å². The molecule has 0 spiro atoms. The SMILES string of the molecule is CNC(c1sccc1C)C1(N(C)C)CCCC(C)C1. The molecule has 1 heterocycles. The lowest BCUT2D eigenvalue weighted by atomic mass is 9.70. The van der Waals surface area contributed by atoms with E-state index in [1.54, 1.807) is 0 Å². The molecule has 2 nitrogen and oxygen atoms in total. The van der Waals surface area contributed by atoms with E-state index in [1.807, 2.05) is 11.3 Å². The third-order valence-corrected chi connectivity index (χ3v) is 5.97. The Morgan fingerprint density at radius 3 is 2.68 bits per heavy atom. The molecule has 1 aromatic heterocycles. The Labute approximate surface area is 122 Å². The number of nitrogens with one attached hydrogen (secondary N) is 1. The Bertz CT molecular complexity index is 413. The summed E-state index contributed by atoms with van der Waals surface area (Å²) < 4.78 is 0. The maximum absolute atomic E-state index is 3.63. The van der Waals surface area contributed by atoms with Gasteiger partial charge in [-0.3, -0.25) is 0 Å². The number of rotatable bonds is 4. The molecule has 19 heavy (non-hydrogen) atoms. The van der Waals surface area contributed by atoms with Crippen molar-refractivity contribution in [1.82, 2.24) is 10.2 Å². The van der Waals surface area contributed by atoms with Gasteiger partial charge in [0.05, 0.1) is 6.04 Å². The van der Waals surface area contributed by atoms with E-state index in [4.69, 9.17) is 0 Å². The molecule has 3 unspecified atom stereocenters. The van der Waals surface area contributed by atoms with Crippen molar-refractivity contribution >= 4 is 11.3 Å². The molecule has 0 radical (unpaired) electrons. The fourth-order valence-corrected chi connectivity index (χ4v) is 4.96. The zero-order valence-corrected chi connectivity index (χ0v) is 13.8. The lowest BCUT2D eigenvalue weighted by molar-refractivity contribution is 0.0403. The number of hydrogen-bond acceptors (Lipinski definition) is 3. The van der Waals surface area contributed by atoms with Gasteiger partial charge in [0.1, 0.15) is 0 Å². The van der Waals surface area contributed by atoms with Gasteiger partial charge in [-0.1, -0.05) is 19.8 Å². The summed E-state index contributed by atoms with van der Waals surface area (Å²) in [6, 6.07) is 2.70. The Morgan fingerprint density at radius 1 is 1.47 bits per heavy atom. The molecule has 108 valence electrons. The predicted octanol–water partition coefficient (Wildman–Crippen LogP) is 3.83. The minimum atomic E-state index is 0.266. The molecule has 1 aliphatic rings. The molecule has 1 aromatic rings. The van der Waals surface area contributed by atoms with Crippen molar-refractivity contribution in [3.05, 3.63) is 21.9 Å². The zero-order chi connectivity index (χ0) is 14.0. The monoisotopic (exact) mass is 280 g/mol. The summed E-state index contributed by atoms with van der Waals surface area (Å²) >= 11 is 1.90. The summed E-state index contributed by atoms with van der Waals surface area (Å²) in [5, 5.41) is 5.85. The highest BCUT2D eigenvalue weighted by Crippen LogP contribution is 2.45. The van der Waals surface area contributed by atoms with E-state index in [9.17, 15) is 0 Å². The highest BCUT2D eigenvalue weighted by Gasteiger charge is 2.44. The largest absolute Gasteiger partial charge is 0.311 e. The van der Waals surface area contributed by atoms with Crippen LogP contribution in [0.25, 0.3) is 0 Å². The average molecular weight is 280 g/mol. The molecule has 0 aliphatic heterocycles. The van der Waals surface area contributed by atoms with E-state index in [0.29, 0.717) is 6.04 Å². The van der Waals surface area contributed by atoms with Gasteiger partial charge >= 0.3 is 0 Å². The van der Waals surface area contributed by atoms with Crippen LogP contribution in [0.2, 0.25) is 0 Å². The van der Waals surface area contributed by atoms with Crippen molar-refractivity contribution in [3.63, 3.8) is 0 Å². The van der Waals surface area contributed by atoms with Crippen molar-refractivity contribution in [2.45, 2.75) is 51.1 Å². The molecule has 1 N–H and O–H groups in total. The number of nitrogens with zero attached hydrogens (tertiary/aromatic N) is 1. The van der Waals surface area contributed by atoms with Crippen molar-refractivity contribution in [2.75, 3.05) is 21.1 Å². The van der Waals surface area contributed by atoms with Gasteiger partial charge in [0.25, 0.3) is 0 Å². The third-order valence-electron chi connectivity index (χ3n) is 4.89. The Morgan fingerprint density at radius 2 is 2.21 bits per heavy atom. The van der Waals surface area contributed by atoms with Crippen LogP contribution in [0.4, 0.5) is 0 Å². The predicted molar refractivity (Wildman–Crippen MR) is 84.9 cm³/mol. The fraction of sp³-hybridized carbons (Fsp3) is 0.750. The molecule has 1 aliphatic carbocycles. The lowest BCUT2D eigenvalue weighted by Gasteiger charge is -2.50. The van der Waals surface area contributed by atoms with Crippen LogP contribution in [-0.4, -0.2) is 31.6 Å². The minimum Gasteiger partial charge on any atom is -0.311 e. The van der Waals surface area contributed by atoms with E-state index in [0.717, 1.165) is 5.92 Å². The standard InChI is InChI=1S/C16H28N2S/c1-12-7-6-9-16(11-12,18(4)5)15(17-3)14-13(2)8-10-19-14/h8,10,12,15,17H,6-7,9,11H2,1-5H3. The summed E-state index contributed by atoms with van der Waals surface area (Å²) in [5.74, 6) is 0.826. The molecule has 3 atom stereocenters. The molecule has 1 saturated carbocycles. The molecule has 2 rings (SSSR count). The van der Waals surface area contributed by atoms with E-state index in [2.05, 4.69) is 56.7 Å². The van der Waals surface area contributed by atoms with Crippen LogP contribution < -0.4 is 5.32 Å². The average Bonchev–Trinajstić information content (AvgIpc) is 2.76. The van der Waals surface area contributed by atoms with Crippen molar-refractivity contribution < 1.29 is 0 Å². The van der Waals surface area contributed by atoms with Gasteiger partial charge in [-0.05, 0) is 63.8 Å². The van der Waals surface area contributed by atoms with Gasteiger partial charge in [0.15, 0.2) is 0 Å². The summed E-state index contributed by atoms with van der Waals surface area (Å²) in [5.41, 5.74) is 1.70. The number of likely N-dealkylation sites (N-methyl/N-ethyl adjacent to an activating group) is 2. The summed E-state index contributed by atoms with van der Waals surface area (Å²) in [6.45, 7) is 4.65. The zero-order valence-electron chi connectivity index (χ0n) is 13.0. The first-order valence-corrected chi connectivity index (χ1v) is 8.28. The smallest absolute Gasteiger partial charge is 0.0601 e. The van der Waals surface area contributed by atoms with E-state index in [-0.39, 0.29) is 5.54 Å². The van der Waals surface area contributed by atoms with Gasteiger partial charge in [-0.25, -0.2) is 0 Å². The van der Waals surface area contributed by atoms with Crippen LogP contribution in [0.15, 0.2) is 11.4 Å². The van der Waals surface area contributed by atoms with Crippen molar-refractivity contribution in [2.24, 2.45) is 5.92 Å². The van der Waals surface area contributed by atoms with Gasteiger partial charge in [-0.2, -0.15) is 0 Å². The van der Waals surface area contributed by atoms with Crippen LogP contribution in [0, 0.1) is 12.8 Å². The summed E-state index contributed by atoms with van der Waals surface area (Å²) in [6.07, 6.45) is 5.33. The fourth-order valence-electron chi connectivity index (χ4n) is 3.81. The van der Waals surface area contributed by atoms with E-state index in [1.165, 1.54) is 36.1 Å². The van der Waals surface area contributed by atoms with E-state index >= 15 is 0 Å². The highest BCUT2D eigenvalue weighted by atomic mass is 32.1. The van der Waals surface area contributed by atoms with Gasteiger partial charge in [0, 0.05) is 10.4 Å². The normalized spacial score (nSPS) is 29.7. The quantitative estimate of drug-likeness (QED) is 0.902. The number of hydrogen-bond donors (Lipinski definition) is 1. The Hall–Kier alpha value is -0.380. The first kappa shape index (κ1) is 15.0. The van der Waals surface area contributed by atoms with Crippen LogP contribution in [0.3, 0.4) is 0 Å². The van der Waals surface area contributed by atoms with Crippen LogP contribution in [0.1, 0.15) is 49.1 Å². The minimum absolute atomic E-state index is 0.266. The second-order valence-corrected chi connectivity index (χ2v) is 7.34. The molecule has 0 bridgehead atoms. The first-order valence-electron chi connectivity index (χ1n) is 7.40. The molecule has 3 heteroatoms. The Kier molecular flexibility index (Phi) is 4.70. The maximum atomic E-state index is 3.63. The first-order chi connectivity index (χ1) is 9.01. The topological polar surface area (TPSA) is 15.3 Å². The van der Waals surface area contributed by atoms with Gasteiger partial charge in [0.2, 0.25) is 0 Å². The lowest BCUT2D eigenvalue weighted by Crippen LogP contribution is -2.55. The molecule has 0 saturated heterocycles. The van der Waals surface area contributed by atoms with Crippen LogP contribution >= 0.6 is 11.3 Å². The maximum Gasteiger partial charge on any atom is 0.0601 e. The van der Waals surface area contributed by atoms with Crippen molar-refractivity contribution in [3.8, 4) is 0 Å². The highest BCUT2D eigenvalue weighted by molar-refractivity contribution is 7.10. The molecular formula is C16H28N2S. The molecule has 0 amide bonds. The molecular weight excluding hydrogens is 252 g/mol. The van der Waals surface area contributed by atoms with E-state index < -0.39 is 0 Å². The third kappa shape index (κ3) is 2.74. The second kappa shape index (κ2) is 5.94. The number of thiophene rings is 1. The molecule has 0 aromatic carbocycles. The second-order valence-electron chi connectivity index (χ2n) is 6.39. The Balaban J connectivity index is 2.39. The summed E-state index contributed by atoms with van der Waals surface area (Å²) in [7, 11) is 6.63. The van der Waals surface area contributed by atoms with Gasteiger partial charge < -0.3 is 10.2 Å². The summed E-state index contributed by atoms with van der Waals surface area (Å²) in [4.78, 5) is 3.99. The van der Waals surface area contributed by atoms with Crippen molar-refractivity contribution in [1.29, 1.82) is 0 Å². The number of aryl methyl sites for hydroxylation is 1. The molecule has 1 fully saturated rings.